The average molecular weight is 337 g/mol. The summed E-state index contributed by atoms with van der Waals surface area (Å²) < 4.78 is 5.42. The van der Waals surface area contributed by atoms with E-state index in [1.807, 2.05) is 6.07 Å². The van der Waals surface area contributed by atoms with E-state index in [1.54, 1.807) is 30.5 Å². The molecular formula is C19H19N3O3. The molecule has 4 rings (SSSR count). The molecule has 0 unspecified atom stereocenters. The third kappa shape index (κ3) is 3.69. The zero-order chi connectivity index (χ0) is 17.2. The molecule has 2 N–H and O–H groups in total. The molecule has 0 atom stereocenters. The molecule has 2 heterocycles. The highest BCUT2D eigenvalue weighted by Gasteiger charge is 2.29. The highest BCUT2D eigenvalue weighted by Crippen LogP contribution is 2.30. The predicted molar refractivity (Wildman–Crippen MR) is 93.3 cm³/mol. The number of fused-ring (bicyclic) bond motifs is 1. The van der Waals surface area contributed by atoms with E-state index in [0.717, 1.165) is 30.5 Å². The van der Waals surface area contributed by atoms with Crippen molar-refractivity contribution in [3.8, 4) is 0 Å². The number of pyridine rings is 1. The first-order chi connectivity index (χ1) is 12.2. The molecule has 0 bridgehead atoms. The Kier molecular flexibility index (Phi) is 4.19. The van der Waals surface area contributed by atoms with E-state index in [1.165, 1.54) is 0 Å². The van der Waals surface area contributed by atoms with Crippen LogP contribution in [0, 0.1) is 5.92 Å². The highest BCUT2D eigenvalue weighted by atomic mass is 16.5. The average Bonchev–Trinajstić information content (AvgIpc) is 3.47. The second-order valence-corrected chi connectivity index (χ2v) is 6.43. The Bertz CT molecular complexity index is 830. The van der Waals surface area contributed by atoms with Gasteiger partial charge in [0.05, 0.1) is 25.1 Å². The van der Waals surface area contributed by atoms with Crippen molar-refractivity contribution < 1.29 is 14.3 Å². The summed E-state index contributed by atoms with van der Waals surface area (Å²) in [6, 6.07) is 8.85. The van der Waals surface area contributed by atoms with Gasteiger partial charge in [0.1, 0.15) is 0 Å². The normalized spacial score (nSPS) is 16.0. The van der Waals surface area contributed by atoms with E-state index in [4.69, 9.17) is 4.74 Å². The van der Waals surface area contributed by atoms with Gasteiger partial charge in [0.15, 0.2) is 0 Å². The van der Waals surface area contributed by atoms with E-state index >= 15 is 0 Å². The van der Waals surface area contributed by atoms with Crippen molar-refractivity contribution in [1.29, 1.82) is 0 Å². The summed E-state index contributed by atoms with van der Waals surface area (Å²) in [6.45, 7) is 1.21. The number of carbonyl (C=O) groups excluding carboxylic acids is 2. The molecule has 1 aliphatic heterocycles. The third-order valence-corrected chi connectivity index (χ3v) is 4.40. The van der Waals surface area contributed by atoms with Crippen LogP contribution >= 0.6 is 0 Å². The van der Waals surface area contributed by atoms with Crippen LogP contribution in [0.1, 0.15) is 34.5 Å². The molecule has 2 aliphatic rings. The summed E-state index contributed by atoms with van der Waals surface area (Å²) in [4.78, 5) is 28.7. The van der Waals surface area contributed by atoms with Crippen LogP contribution in [0.2, 0.25) is 0 Å². The Hall–Kier alpha value is -2.73. The molecular weight excluding hydrogens is 318 g/mol. The lowest BCUT2D eigenvalue weighted by Crippen LogP contribution is -2.16. The summed E-state index contributed by atoms with van der Waals surface area (Å²) in [6.07, 6.45) is 4.36. The van der Waals surface area contributed by atoms with Crippen LogP contribution in [-0.2, 0) is 22.6 Å². The number of hydrogen-bond donors (Lipinski definition) is 2. The summed E-state index contributed by atoms with van der Waals surface area (Å²) in [5.41, 5.74) is 3.80. The van der Waals surface area contributed by atoms with Crippen molar-refractivity contribution in [1.82, 2.24) is 4.98 Å². The molecule has 25 heavy (non-hydrogen) atoms. The standard InChI is InChI=1S/C19H19N3O3/c23-18(12-4-5-12)21-15-3-1-2-13(8-15)19(24)22-16-9-14-11-25-7-6-17(14)20-10-16/h1-3,8-10,12H,4-7,11H2,(H,21,23)(H,22,24). The first-order valence-electron chi connectivity index (χ1n) is 8.47. The van der Waals surface area contributed by atoms with Gasteiger partial charge in [-0.25, -0.2) is 0 Å². The molecule has 0 saturated heterocycles. The van der Waals surface area contributed by atoms with Crippen LogP contribution in [0.3, 0.4) is 0 Å². The fourth-order valence-corrected chi connectivity index (χ4v) is 2.84. The van der Waals surface area contributed by atoms with Crippen molar-refractivity contribution in [3.05, 3.63) is 53.3 Å². The molecule has 6 heteroatoms. The maximum absolute atomic E-state index is 12.5. The number of amides is 2. The lowest BCUT2D eigenvalue weighted by Gasteiger charge is -2.16. The number of carbonyl (C=O) groups is 2. The summed E-state index contributed by atoms with van der Waals surface area (Å²) >= 11 is 0. The topological polar surface area (TPSA) is 80.3 Å². The molecule has 2 amide bonds. The Labute approximate surface area is 145 Å². The number of hydrogen-bond acceptors (Lipinski definition) is 4. The molecule has 1 saturated carbocycles. The van der Waals surface area contributed by atoms with Gasteiger partial charge in [0.25, 0.3) is 5.91 Å². The number of anilines is 2. The summed E-state index contributed by atoms with van der Waals surface area (Å²) in [7, 11) is 0. The Morgan fingerprint density at radius 3 is 2.84 bits per heavy atom. The van der Waals surface area contributed by atoms with Gasteiger partial charge in [0, 0.05) is 34.8 Å². The number of aromatic nitrogens is 1. The van der Waals surface area contributed by atoms with Crippen molar-refractivity contribution >= 4 is 23.2 Å². The number of nitrogens with zero attached hydrogens (tertiary/aromatic N) is 1. The van der Waals surface area contributed by atoms with E-state index in [-0.39, 0.29) is 17.7 Å². The zero-order valence-electron chi connectivity index (χ0n) is 13.7. The minimum absolute atomic E-state index is 0.0245. The first-order valence-corrected chi connectivity index (χ1v) is 8.47. The molecule has 128 valence electrons. The molecule has 0 spiro atoms. The molecule has 6 nitrogen and oxygen atoms in total. The van der Waals surface area contributed by atoms with Gasteiger partial charge in [-0.1, -0.05) is 6.07 Å². The zero-order valence-corrected chi connectivity index (χ0v) is 13.7. The van der Waals surface area contributed by atoms with E-state index in [0.29, 0.717) is 30.2 Å². The van der Waals surface area contributed by atoms with Gasteiger partial charge < -0.3 is 15.4 Å². The number of rotatable bonds is 4. The van der Waals surface area contributed by atoms with Gasteiger partial charge in [-0.15, -0.1) is 0 Å². The van der Waals surface area contributed by atoms with Crippen molar-refractivity contribution in [2.24, 2.45) is 5.92 Å². The lowest BCUT2D eigenvalue weighted by molar-refractivity contribution is -0.117. The van der Waals surface area contributed by atoms with Gasteiger partial charge in [-0.05, 0) is 37.1 Å². The quantitative estimate of drug-likeness (QED) is 0.899. The van der Waals surface area contributed by atoms with Crippen LogP contribution in [0.25, 0.3) is 0 Å². The van der Waals surface area contributed by atoms with Crippen LogP contribution < -0.4 is 10.6 Å². The van der Waals surface area contributed by atoms with Gasteiger partial charge in [-0.2, -0.15) is 0 Å². The number of nitrogens with one attached hydrogen (secondary N) is 2. The maximum Gasteiger partial charge on any atom is 0.255 e. The predicted octanol–water partition coefficient (Wildman–Crippen LogP) is 2.76. The maximum atomic E-state index is 12.5. The van der Waals surface area contributed by atoms with Crippen LogP contribution in [0.4, 0.5) is 11.4 Å². The molecule has 2 aromatic rings. The Balaban J connectivity index is 1.46. The van der Waals surface area contributed by atoms with Crippen molar-refractivity contribution in [3.63, 3.8) is 0 Å². The second kappa shape index (κ2) is 6.64. The smallest absolute Gasteiger partial charge is 0.255 e. The van der Waals surface area contributed by atoms with Crippen LogP contribution in [0.15, 0.2) is 36.5 Å². The SMILES string of the molecule is O=C(Nc1cnc2c(c1)COCC2)c1cccc(NC(=O)C2CC2)c1. The molecule has 1 aromatic heterocycles. The fourth-order valence-electron chi connectivity index (χ4n) is 2.84. The van der Waals surface area contributed by atoms with Crippen LogP contribution in [0.5, 0.6) is 0 Å². The monoisotopic (exact) mass is 337 g/mol. The molecule has 1 aliphatic carbocycles. The van der Waals surface area contributed by atoms with E-state index < -0.39 is 0 Å². The minimum atomic E-state index is -0.235. The number of ether oxygens (including phenoxy) is 1. The second-order valence-electron chi connectivity index (χ2n) is 6.43. The Morgan fingerprint density at radius 2 is 2.00 bits per heavy atom. The van der Waals surface area contributed by atoms with Gasteiger partial charge in [-0.3, -0.25) is 14.6 Å². The largest absolute Gasteiger partial charge is 0.376 e. The molecule has 1 fully saturated rings. The van der Waals surface area contributed by atoms with Crippen LogP contribution in [-0.4, -0.2) is 23.4 Å². The Morgan fingerprint density at radius 1 is 1.12 bits per heavy atom. The third-order valence-electron chi connectivity index (χ3n) is 4.40. The van der Waals surface area contributed by atoms with Crippen molar-refractivity contribution in [2.45, 2.75) is 25.9 Å². The summed E-state index contributed by atoms with van der Waals surface area (Å²) in [5, 5.41) is 5.71. The fraction of sp³-hybridized carbons (Fsp3) is 0.316. The molecule has 1 aromatic carbocycles. The highest BCUT2D eigenvalue weighted by molar-refractivity contribution is 6.05. The number of benzene rings is 1. The van der Waals surface area contributed by atoms with E-state index in [2.05, 4.69) is 15.6 Å². The molecule has 0 radical (unpaired) electrons. The van der Waals surface area contributed by atoms with Gasteiger partial charge in [0.2, 0.25) is 5.91 Å². The first kappa shape index (κ1) is 15.8. The van der Waals surface area contributed by atoms with Gasteiger partial charge >= 0.3 is 0 Å². The lowest BCUT2D eigenvalue weighted by atomic mass is 10.1. The minimum Gasteiger partial charge on any atom is -0.376 e. The van der Waals surface area contributed by atoms with Crippen molar-refractivity contribution in [2.75, 3.05) is 17.2 Å². The summed E-state index contributed by atoms with van der Waals surface area (Å²) in [5.74, 6) is -0.0845. The van der Waals surface area contributed by atoms with E-state index in [9.17, 15) is 9.59 Å².